The van der Waals surface area contributed by atoms with Gasteiger partial charge in [0.05, 0.1) is 5.25 Å². The maximum atomic E-state index is 13.2. The Kier molecular flexibility index (Phi) is 4.96. The van der Waals surface area contributed by atoms with Crippen molar-refractivity contribution in [1.82, 2.24) is 0 Å². The third-order valence-electron chi connectivity index (χ3n) is 2.84. The van der Waals surface area contributed by atoms with Crippen molar-refractivity contribution in [2.45, 2.75) is 29.5 Å². The maximum absolute atomic E-state index is 13.2. The standard InChI is InChI=1S/C14H15F2NS2/c1-2-12(17)14(13-4-3-7-18-13)19-9-5-6-10(15)11(16)8-9/h3-8,12,14H,2,17H2,1H3. The van der Waals surface area contributed by atoms with E-state index < -0.39 is 11.6 Å². The Labute approximate surface area is 119 Å². The molecule has 5 heteroatoms. The molecule has 1 aromatic heterocycles. The molecule has 0 bridgehead atoms. The molecule has 2 N–H and O–H groups in total. The van der Waals surface area contributed by atoms with Crippen LogP contribution in [-0.2, 0) is 0 Å². The number of hydrogen-bond donors (Lipinski definition) is 1. The van der Waals surface area contributed by atoms with Gasteiger partial charge in [-0.25, -0.2) is 8.78 Å². The lowest BCUT2D eigenvalue weighted by atomic mass is 10.1. The normalized spacial score (nSPS) is 14.3. The van der Waals surface area contributed by atoms with E-state index in [9.17, 15) is 8.78 Å². The number of thioether (sulfide) groups is 1. The van der Waals surface area contributed by atoms with E-state index in [2.05, 4.69) is 0 Å². The summed E-state index contributed by atoms with van der Waals surface area (Å²) in [5, 5.41) is 2.06. The fourth-order valence-corrected chi connectivity index (χ4v) is 3.99. The van der Waals surface area contributed by atoms with Crippen LogP contribution in [0.5, 0.6) is 0 Å². The molecular formula is C14H15F2NS2. The van der Waals surface area contributed by atoms with Crippen molar-refractivity contribution in [1.29, 1.82) is 0 Å². The molecule has 0 fully saturated rings. The molecule has 0 aliphatic carbocycles. The number of nitrogens with two attached hydrogens (primary N) is 1. The van der Waals surface area contributed by atoms with Crippen LogP contribution in [0.3, 0.4) is 0 Å². The summed E-state index contributed by atoms with van der Waals surface area (Å²) in [4.78, 5) is 1.85. The summed E-state index contributed by atoms with van der Waals surface area (Å²) < 4.78 is 26.2. The Balaban J connectivity index is 2.23. The zero-order chi connectivity index (χ0) is 13.8. The minimum Gasteiger partial charge on any atom is -0.326 e. The van der Waals surface area contributed by atoms with Crippen molar-refractivity contribution in [2.24, 2.45) is 5.73 Å². The molecule has 0 saturated heterocycles. The van der Waals surface area contributed by atoms with E-state index in [0.717, 1.165) is 17.4 Å². The van der Waals surface area contributed by atoms with Crippen LogP contribution in [-0.4, -0.2) is 6.04 Å². The quantitative estimate of drug-likeness (QED) is 0.817. The first-order chi connectivity index (χ1) is 9.11. The highest BCUT2D eigenvalue weighted by Gasteiger charge is 2.21. The molecule has 0 aliphatic rings. The van der Waals surface area contributed by atoms with E-state index >= 15 is 0 Å². The summed E-state index contributed by atoms with van der Waals surface area (Å²) in [5.41, 5.74) is 6.14. The Hall–Kier alpha value is -0.910. The molecule has 0 saturated carbocycles. The highest BCUT2D eigenvalue weighted by molar-refractivity contribution is 7.99. The van der Waals surface area contributed by atoms with Gasteiger partial charge in [0.25, 0.3) is 0 Å². The van der Waals surface area contributed by atoms with Crippen LogP contribution in [0.15, 0.2) is 40.6 Å². The van der Waals surface area contributed by atoms with Gasteiger partial charge in [-0.2, -0.15) is 0 Å². The van der Waals surface area contributed by atoms with Crippen LogP contribution in [0.2, 0.25) is 0 Å². The summed E-state index contributed by atoms with van der Waals surface area (Å²) in [5.74, 6) is -1.64. The summed E-state index contributed by atoms with van der Waals surface area (Å²) in [7, 11) is 0. The Bertz CT molecular complexity index is 528. The Morgan fingerprint density at radius 3 is 2.63 bits per heavy atom. The summed E-state index contributed by atoms with van der Waals surface area (Å²) >= 11 is 3.11. The molecule has 0 amide bonds. The molecule has 0 radical (unpaired) electrons. The first kappa shape index (κ1) is 14.5. The fourth-order valence-electron chi connectivity index (χ4n) is 1.72. The van der Waals surface area contributed by atoms with Gasteiger partial charge in [-0.3, -0.25) is 0 Å². The molecule has 19 heavy (non-hydrogen) atoms. The Morgan fingerprint density at radius 1 is 1.26 bits per heavy atom. The summed E-state index contributed by atoms with van der Waals surface area (Å²) in [6.45, 7) is 2.02. The van der Waals surface area contributed by atoms with E-state index in [0.29, 0.717) is 4.90 Å². The highest BCUT2D eigenvalue weighted by atomic mass is 32.2. The second-order valence-electron chi connectivity index (χ2n) is 4.20. The van der Waals surface area contributed by atoms with Crippen LogP contribution in [0.1, 0.15) is 23.5 Å². The molecular weight excluding hydrogens is 284 g/mol. The zero-order valence-electron chi connectivity index (χ0n) is 10.5. The maximum Gasteiger partial charge on any atom is 0.159 e. The lowest BCUT2D eigenvalue weighted by Gasteiger charge is -2.21. The molecule has 2 rings (SSSR count). The molecule has 2 aromatic rings. The predicted octanol–water partition coefficient (Wildman–Crippen LogP) is 4.60. The van der Waals surface area contributed by atoms with Crippen LogP contribution in [0.25, 0.3) is 0 Å². The zero-order valence-corrected chi connectivity index (χ0v) is 12.1. The Morgan fingerprint density at radius 2 is 2.05 bits per heavy atom. The topological polar surface area (TPSA) is 26.0 Å². The number of rotatable bonds is 5. The van der Waals surface area contributed by atoms with E-state index in [4.69, 9.17) is 5.73 Å². The smallest absolute Gasteiger partial charge is 0.159 e. The highest BCUT2D eigenvalue weighted by Crippen LogP contribution is 2.40. The number of halogens is 2. The molecule has 102 valence electrons. The number of benzene rings is 1. The average Bonchev–Trinajstić information content (AvgIpc) is 2.93. The molecule has 0 spiro atoms. The van der Waals surface area contributed by atoms with E-state index in [-0.39, 0.29) is 11.3 Å². The molecule has 2 unspecified atom stereocenters. The lowest BCUT2D eigenvalue weighted by Crippen LogP contribution is -2.25. The van der Waals surface area contributed by atoms with Crippen LogP contribution in [0.4, 0.5) is 8.78 Å². The minimum atomic E-state index is -0.822. The monoisotopic (exact) mass is 299 g/mol. The van der Waals surface area contributed by atoms with Crippen molar-refractivity contribution in [3.8, 4) is 0 Å². The van der Waals surface area contributed by atoms with Crippen LogP contribution >= 0.6 is 23.1 Å². The molecule has 2 atom stereocenters. The van der Waals surface area contributed by atoms with E-state index in [1.54, 1.807) is 17.4 Å². The molecule has 1 heterocycles. The van der Waals surface area contributed by atoms with Crippen molar-refractivity contribution >= 4 is 23.1 Å². The third-order valence-corrected chi connectivity index (χ3v) is 5.33. The molecule has 0 aliphatic heterocycles. The van der Waals surface area contributed by atoms with Gasteiger partial charge in [0.2, 0.25) is 0 Å². The second kappa shape index (κ2) is 6.50. The minimum absolute atomic E-state index is 0.0169. The van der Waals surface area contributed by atoms with Gasteiger partial charge in [0, 0.05) is 15.8 Å². The van der Waals surface area contributed by atoms with Crippen LogP contribution in [0, 0.1) is 11.6 Å². The molecule has 1 nitrogen and oxygen atoms in total. The van der Waals surface area contributed by atoms with E-state index in [1.165, 1.54) is 17.8 Å². The van der Waals surface area contributed by atoms with Gasteiger partial charge < -0.3 is 5.73 Å². The van der Waals surface area contributed by atoms with Gasteiger partial charge >= 0.3 is 0 Å². The first-order valence-electron chi connectivity index (χ1n) is 6.02. The number of hydrogen-bond acceptors (Lipinski definition) is 3. The SMILES string of the molecule is CCC(N)C(Sc1ccc(F)c(F)c1)c1cccs1. The molecule has 1 aromatic carbocycles. The second-order valence-corrected chi connectivity index (χ2v) is 6.40. The summed E-state index contributed by atoms with van der Waals surface area (Å²) in [6, 6.07) is 7.95. The first-order valence-corrected chi connectivity index (χ1v) is 7.78. The van der Waals surface area contributed by atoms with Crippen molar-refractivity contribution < 1.29 is 8.78 Å². The fraction of sp³-hybridized carbons (Fsp3) is 0.286. The van der Waals surface area contributed by atoms with Crippen molar-refractivity contribution in [2.75, 3.05) is 0 Å². The van der Waals surface area contributed by atoms with Gasteiger partial charge in [0.15, 0.2) is 11.6 Å². The largest absolute Gasteiger partial charge is 0.326 e. The van der Waals surface area contributed by atoms with Gasteiger partial charge in [-0.05, 0) is 36.1 Å². The lowest BCUT2D eigenvalue weighted by molar-refractivity contribution is 0.506. The predicted molar refractivity (Wildman–Crippen MR) is 77.5 cm³/mol. The number of thiophene rings is 1. The average molecular weight is 299 g/mol. The van der Waals surface area contributed by atoms with E-state index in [1.807, 2.05) is 24.4 Å². The van der Waals surface area contributed by atoms with Crippen molar-refractivity contribution in [3.63, 3.8) is 0 Å². The van der Waals surface area contributed by atoms with Gasteiger partial charge in [-0.1, -0.05) is 13.0 Å². The summed E-state index contributed by atoms with van der Waals surface area (Å²) in [6.07, 6.45) is 0.833. The van der Waals surface area contributed by atoms with Gasteiger partial charge in [0.1, 0.15) is 0 Å². The third kappa shape index (κ3) is 3.55. The van der Waals surface area contributed by atoms with Crippen LogP contribution < -0.4 is 5.73 Å². The van der Waals surface area contributed by atoms with Crippen molar-refractivity contribution in [3.05, 3.63) is 52.2 Å². The van der Waals surface area contributed by atoms with Gasteiger partial charge in [-0.15, -0.1) is 23.1 Å².